The van der Waals surface area contributed by atoms with Gasteiger partial charge in [0, 0.05) is 6.54 Å². The summed E-state index contributed by atoms with van der Waals surface area (Å²) in [5.74, 6) is 0.786. The summed E-state index contributed by atoms with van der Waals surface area (Å²) >= 11 is 0. The predicted octanol–water partition coefficient (Wildman–Crippen LogP) is 2.16. The Morgan fingerprint density at radius 3 is 2.29 bits per heavy atom. The van der Waals surface area contributed by atoms with Gasteiger partial charge in [-0.05, 0) is 26.7 Å². The molecule has 1 saturated heterocycles. The number of hydrogen-bond acceptors (Lipinski definition) is 1. The van der Waals surface area contributed by atoms with Gasteiger partial charge in [0.15, 0.2) is 0 Å². The van der Waals surface area contributed by atoms with Crippen LogP contribution in [0.3, 0.4) is 0 Å². The summed E-state index contributed by atoms with van der Waals surface area (Å²) in [6.07, 6.45) is 0. The monoisotopic (exact) mass is 199 g/mol. The van der Waals surface area contributed by atoms with E-state index >= 15 is 0 Å². The van der Waals surface area contributed by atoms with Gasteiger partial charge in [0.05, 0.1) is 20.1 Å². The summed E-state index contributed by atoms with van der Waals surface area (Å²) in [6.45, 7) is 16.7. The molecule has 0 aromatic rings. The average molecular weight is 199 g/mol. The standard InChI is InChI=1S/C12H27N2/c1-7-14(6)10-13(8-11(2)3)9-12(14,4)5/h11H,7-10H2,1-6H3/q+1/t14-/m0/s1. The summed E-state index contributed by atoms with van der Waals surface area (Å²) in [4.78, 5) is 2.62. The fourth-order valence-electron chi connectivity index (χ4n) is 2.57. The van der Waals surface area contributed by atoms with E-state index in [1.165, 1.54) is 30.8 Å². The molecule has 2 heteroatoms. The molecule has 1 atom stereocenters. The molecule has 0 aromatic heterocycles. The van der Waals surface area contributed by atoms with Gasteiger partial charge in [-0.2, -0.15) is 0 Å². The highest BCUT2D eigenvalue weighted by Crippen LogP contribution is 2.30. The van der Waals surface area contributed by atoms with Crippen LogP contribution < -0.4 is 0 Å². The summed E-state index contributed by atoms with van der Waals surface area (Å²) in [7, 11) is 2.39. The van der Waals surface area contributed by atoms with Crippen molar-refractivity contribution in [3.05, 3.63) is 0 Å². The van der Waals surface area contributed by atoms with Crippen molar-refractivity contribution in [2.24, 2.45) is 5.92 Å². The van der Waals surface area contributed by atoms with Gasteiger partial charge in [-0.15, -0.1) is 0 Å². The largest absolute Gasteiger partial charge is 0.308 e. The van der Waals surface area contributed by atoms with Crippen LogP contribution in [0.4, 0.5) is 0 Å². The Bertz CT molecular complexity index is 198. The fraction of sp³-hybridized carbons (Fsp3) is 1.00. The number of likely N-dealkylation sites (N-methyl/N-ethyl adjacent to an activating group) is 1. The molecule has 1 aliphatic rings. The van der Waals surface area contributed by atoms with Crippen LogP contribution in [0.5, 0.6) is 0 Å². The van der Waals surface area contributed by atoms with Gasteiger partial charge in [-0.1, -0.05) is 13.8 Å². The van der Waals surface area contributed by atoms with Crippen molar-refractivity contribution >= 4 is 0 Å². The van der Waals surface area contributed by atoms with E-state index in [0.29, 0.717) is 5.54 Å². The summed E-state index contributed by atoms with van der Waals surface area (Å²) in [5.41, 5.74) is 0.420. The van der Waals surface area contributed by atoms with Crippen molar-refractivity contribution in [2.45, 2.75) is 40.2 Å². The first-order valence-electron chi connectivity index (χ1n) is 5.88. The molecule has 0 saturated carbocycles. The second-order valence-corrected chi connectivity index (χ2v) is 6.07. The molecule has 0 N–H and O–H groups in total. The molecule has 0 unspecified atom stereocenters. The topological polar surface area (TPSA) is 3.24 Å². The zero-order valence-corrected chi connectivity index (χ0v) is 10.8. The molecule has 1 fully saturated rings. The van der Waals surface area contributed by atoms with Gasteiger partial charge in [0.2, 0.25) is 0 Å². The Labute approximate surface area is 89.5 Å². The van der Waals surface area contributed by atoms with Crippen molar-refractivity contribution in [1.29, 1.82) is 0 Å². The second-order valence-electron chi connectivity index (χ2n) is 6.07. The van der Waals surface area contributed by atoms with Crippen LogP contribution in [-0.2, 0) is 0 Å². The lowest BCUT2D eigenvalue weighted by Gasteiger charge is -2.40. The minimum Gasteiger partial charge on any atom is -0.308 e. The van der Waals surface area contributed by atoms with E-state index in [1.807, 2.05) is 0 Å². The van der Waals surface area contributed by atoms with Gasteiger partial charge >= 0.3 is 0 Å². The third-order valence-corrected chi connectivity index (χ3v) is 3.91. The molecule has 0 aromatic carbocycles. The molecule has 0 aliphatic carbocycles. The zero-order chi connectivity index (χ0) is 11.0. The van der Waals surface area contributed by atoms with Crippen LogP contribution in [0.2, 0.25) is 0 Å². The van der Waals surface area contributed by atoms with Crippen LogP contribution in [0.1, 0.15) is 34.6 Å². The van der Waals surface area contributed by atoms with E-state index in [1.54, 1.807) is 0 Å². The van der Waals surface area contributed by atoms with E-state index in [9.17, 15) is 0 Å². The molecule has 84 valence electrons. The van der Waals surface area contributed by atoms with Gasteiger partial charge in [-0.3, -0.25) is 4.90 Å². The average Bonchev–Trinajstić information content (AvgIpc) is 2.21. The normalized spacial score (nSPS) is 32.8. The quantitative estimate of drug-likeness (QED) is 0.630. The number of nitrogens with zero attached hydrogens (tertiary/aromatic N) is 2. The van der Waals surface area contributed by atoms with Crippen LogP contribution in [0, 0.1) is 5.92 Å². The molecule has 2 nitrogen and oxygen atoms in total. The van der Waals surface area contributed by atoms with Crippen molar-refractivity contribution in [3.63, 3.8) is 0 Å². The maximum absolute atomic E-state index is 2.62. The highest BCUT2D eigenvalue weighted by Gasteiger charge is 2.47. The van der Waals surface area contributed by atoms with Crippen LogP contribution >= 0.6 is 0 Å². The molecule has 0 radical (unpaired) electrons. The fourth-order valence-corrected chi connectivity index (χ4v) is 2.57. The Kier molecular flexibility index (Phi) is 3.27. The minimum absolute atomic E-state index is 0.420. The third-order valence-electron chi connectivity index (χ3n) is 3.91. The minimum atomic E-state index is 0.420. The molecule has 0 spiro atoms. The van der Waals surface area contributed by atoms with E-state index in [2.05, 4.69) is 46.6 Å². The number of rotatable bonds is 3. The van der Waals surface area contributed by atoms with Crippen molar-refractivity contribution in [1.82, 2.24) is 4.90 Å². The van der Waals surface area contributed by atoms with E-state index in [-0.39, 0.29) is 0 Å². The lowest BCUT2D eigenvalue weighted by Crippen LogP contribution is -2.55. The van der Waals surface area contributed by atoms with E-state index < -0.39 is 0 Å². The number of quaternary nitrogens is 1. The summed E-state index contributed by atoms with van der Waals surface area (Å²) < 4.78 is 1.19. The van der Waals surface area contributed by atoms with E-state index in [4.69, 9.17) is 0 Å². The van der Waals surface area contributed by atoms with Crippen molar-refractivity contribution in [2.75, 3.05) is 33.4 Å². The molecule has 1 aliphatic heterocycles. The zero-order valence-electron chi connectivity index (χ0n) is 10.8. The second kappa shape index (κ2) is 3.82. The van der Waals surface area contributed by atoms with Gasteiger partial charge in [0.1, 0.15) is 12.2 Å². The third kappa shape index (κ3) is 2.12. The van der Waals surface area contributed by atoms with Gasteiger partial charge < -0.3 is 4.48 Å². The van der Waals surface area contributed by atoms with Gasteiger partial charge in [0.25, 0.3) is 0 Å². The van der Waals surface area contributed by atoms with Crippen LogP contribution in [0.25, 0.3) is 0 Å². The number of hydrogen-bond donors (Lipinski definition) is 0. The van der Waals surface area contributed by atoms with Crippen LogP contribution in [0.15, 0.2) is 0 Å². The van der Waals surface area contributed by atoms with E-state index in [0.717, 1.165) is 5.92 Å². The van der Waals surface area contributed by atoms with Crippen molar-refractivity contribution in [3.8, 4) is 0 Å². The molecule has 14 heavy (non-hydrogen) atoms. The predicted molar refractivity (Wildman–Crippen MR) is 62.1 cm³/mol. The molecule has 0 amide bonds. The summed E-state index contributed by atoms with van der Waals surface area (Å²) in [5, 5.41) is 0. The molecule has 1 heterocycles. The summed E-state index contributed by atoms with van der Waals surface area (Å²) in [6, 6.07) is 0. The maximum Gasteiger partial charge on any atom is 0.135 e. The molecular weight excluding hydrogens is 172 g/mol. The molecule has 1 rings (SSSR count). The maximum atomic E-state index is 2.62. The van der Waals surface area contributed by atoms with Crippen LogP contribution in [-0.4, -0.2) is 48.3 Å². The Morgan fingerprint density at radius 1 is 1.36 bits per heavy atom. The lowest BCUT2D eigenvalue weighted by atomic mass is 10.0. The highest BCUT2D eigenvalue weighted by atomic mass is 15.5. The first-order chi connectivity index (χ1) is 6.31. The lowest BCUT2D eigenvalue weighted by molar-refractivity contribution is -0.943. The van der Waals surface area contributed by atoms with Gasteiger partial charge in [-0.25, -0.2) is 0 Å². The smallest absolute Gasteiger partial charge is 0.135 e. The first kappa shape index (κ1) is 12.0. The Balaban J connectivity index is 2.67. The van der Waals surface area contributed by atoms with Crippen molar-refractivity contribution < 1.29 is 4.48 Å². The Morgan fingerprint density at radius 2 is 1.93 bits per heavy atom. The Hall–Kier alpha value is -0.0800. The molecule has 0 bridgehead atoms. The highest BCUT2D eigenvalue weighted by molar-refractivity contribution is 4.80. The first-order valence-corrected chi connectivity index (χ1v) is 5.88. The molecular formula is C12H27N2+. The SMILES string of the molecule is CC[N@@+]1(C)CN(CC(C)C)CC1(C)C.